The number of carbonyl (C=O) groups is 2. The first-order valence-electron chi connectivity index (χ1n) is 7.96. The smallest absolute Gasteiger partial charge is 0.315 e. The average Bonchev–Trinajstić information content (AvgIpc) is 3.37. The van der Waals surface area contributed by atoms with Crippen LogP contribution in [0, 0.1) is 17.3 Å². The van der Waals surface area contributed by atoms with E-state index in [2.05, 4.69) is 10.6 Å². The lowest BCUT2D eigenvalue weighted by Crippen LogP contribution is -2.51. The Labute approximate surface area is 124 Å². The standard InChI is InChI=1S/C15H24N2O4/c18-13(19)15(5-7-21-8-6-15)9-16-14(20)17-12(10-1-2-10)11-3-4-11/h10-12H,1-9H2,(H,18,19)(H2,16,17,20). The van der Waals surface area contributed by atoms with E-state index in [1.54, 1.807) is 0 Å². The fourth-order valence-electron chi connectivity index (χ4n) is 3.21. The number of hydrogen-bond donors (Lipinski definition) is 3. The molecule has 3 N–H and O–H groups in total. The van der Waals surface area contributed by atoms with E-state index < -0.39 is 11.4 Å². The topological polar surface area (TPSA) is 87.7 Å². The van der Waals surface area contributed by atoms with Crippen molar-refractivity contribution >= 4 is 12.0 Å². The van der Waals surface area contributed by atoms with Crippen LogP contribution < -0.4 is 10.6 Å². The summed E-state index contributed by atoms with van der Waals surface area (Å²) in [4.78, 5) is 23.6. The fourth-order valence-corrected chi connectivity index (χ4v) is 3.21. The average molecular weight is 296 g/mol. The maximum Gasteiger partial charge on any atom is 0.315 e. The highest BCUT2D eigenvalue weighted by Gasteiger charge is 2.43. The monoisotopic (exact) mass is 296 g/mol. The lowest BCUT2D eigenvalue weighted by Gasteiger charge is -2.33. The molecular weight excluding hydrogens is 272 g/mol. The molecule has 2 aliphatic carbocycles. The number of nitrogens with one attached hydrogen (secondary N) is 2. The number of aliphatic carboxylic acids is 1. The Balaban J connectivity index is 1.50. The van der Waals surface area contributed by atoms with E-state index >= 15 is 0 Å². The van der Waals surface area contributed by atoms with Crippen molar-refractivity contribution in [1.82, 2.24) is 10.6 Å². The number of amides is 2. The quantitative estimate of drug-likeness (QED) is 0.690. The van der Waals surface area contributed by atoms with Crippen molar-refractivity contribution < 1.29 is 19.4 Å². The molecular formula is C15H24N2O4. The van der Waals surface area contributed by atoms with Gasteiger partial charge in [0, 0.05) is 25.8 Å². The number of urea groups is 1. The Morgan fingerprint density at radius 2 is 1.71 bits per heavy atom. The van der Waals surface area contributed by atoms with E-state index in [0.29, 0.717) is 43.9 Å². The minimum Gasteiger partial charge on any atom is -0.481 e. The van der Waals surface area contributed by atoms with Crippen molar-refractivity contribution in [2.24, 2.45) is 17.3 Å². The van der Waals surface area contributed by atoms with E-state index in [0.717, 1.165) is 0 Å². The molecule has 118 valence electrons. The molecule has 2 amide bonds. The van der Waals surface area contributed by atoms with E-state index in [1.807, 2.05) is 0 Å². The zero-order chi connectivity index (χ0) is 14.9. The second-order valence-corrected chi connectivity index (χ2v) is 6.73. The summed E-state index contributed by atoms with van der Waals surface area (Å²) in [5, 5.41) is 15.3. The van der Waals surface area contributed by atoms with Crippen molar-refractivity contribution in [3.63, 3.8) is 0 Å². The van der Waals surface area contributed by atoms with Crippen LogP contribution in [0.25, 0.3) is 0 Å². The number of rotatable bonds is 6. The molecule has 0 atom stereocenters. The molecule has 0 aromatic carbocycles. The van der Waals surface area contributed by atoms with Gasteiger partial charge in [-0.2, -0.15) is 0 Å². The van der Waals surface area contributed by atoms with Crippen LogP contribution in [0.15, 0.2) is 0 Å². The van der Waals surface area contributed by atoms with Crippen LogP contribution in [0.2, 0.25) is 0 Å². The van der Waals surface area contributed by atoms with E-state index in [-0.39, 0.29) is 12.6 Å². The SMILES string of the molecule is O=C(NCC1(C(=O)O)CCOCC1)NC(C1CC1)C1CC1. The maximum atomic E-state index is 12.1. The highest BCUT2D eigenvalue weighted by Crippen LogP contribution is 2.44. The van der Waals surface area contributed by atoms with Crippen LogP contribution in [-0.4, -0.2) is 42.9 Å². The normalized spacial score (nSPS) is 24.6. The van der Waals surface area contributed by atoms with Crippen LogP contribution in [0.5, 0.6) is 0 Å². The van der Waals surface area contributed by atoms with Gasteiger partial charge in [-0.1, -0.05) is 0 Å². The Morgan fingerprint density at radius 3 is 2.19 bits per heavy atom. The highest BCUT2D eigenvalue weighted by molar-refractivity contribution is 5.78. The second-order valence-electron chi connectivity index (χ2n) is 6.73. The molecule has 3 rings (SSSR count). The minimum atomic E-state index is -0.871. The third kappa shape index (κ3) is 3.48. The van der Waals surface area contributed by atoms with Gasteiger partial charge in [-0.15, -0.1) is 0 Å². The maximum absolute atomic E-state index is 12.1. The molecule has 0 aromatic rings. The number of hydrogen-bond acceptors (Lipinski definition) is 3. The third-order valence-electron chi connectivity index (χ3n) is 5.05. The molecule has 1 heterocycles. The molecule has 3 aliphatic rings. The summed E-state index contributed by atoms with van der Waals surface area (Å²) in [7, 11) is 0. The zero-order valence-corrected chi connectivity index (χ0v) is 12.3. The van der Waals surface area contributed by atoms with Crippen molar-refractivity contribution in [2.75, 3.05) is 19.8 Å². The number of ether oxygens (including phenoxy) is 1. The van der Waals surface area contributed by atoms with Crippen molar-refractivity contribution in [2.45, 2.75) is 44.6 Å². The molecule has 1 saturated heterocycles. The summed E-state index contributed by atoms with van der Waals surface area (Å²) in [5.74, 6) is 0.437. The van der Waals surface area contributed by atoms with Gasteiger partial charge in [-0.05, 0) is 50.4 Å². The van der Waals surface area contributed by atoms with Gasteiger partial charge in [0.1, 0.15) is 0 Å². The lowest BCUT2D eigenvalue weighted by atomic mass is 9.80. The summed E-state index contributed by atoms with van der Waals surface area (Å²) in [6.45, 7) is 1.07. The van der Waals surface area contributed by atoms with Gasteiger partial charge in [-0.3, -0.25) is 4.79 Å². The van der Waals surface area contributed by atoms with E-state index in [4.69, 9.17) is 4.74 Å². The zero-order valence-electron chi connectivity index (χ0n) is 12.3. The van der Waals surface area contributed by atoms with Gasteiger partial charge in [0.25, 0.3) is 0 Å². The Hall–Kier alpha value is -1.30. The van der Waals surface area contributed by atoms with Crippen LogP contribution in [-0.2, 0) is 9.53 Å². The number of carbonyl (C=O) groups excluding carboxylic acids is 1. The molecule has 0 radical (unpaired) electrons. The van der Waals surface area contributed by atoms with Crippen molar-refractivity contribution in [1.29, 1.82) is 0 Å². The van der Waals surface area contributed by atoms with Crippen LogP contribution in [0.1, 0.15) is 38.5 Å². The Morgan fingerprint density at radius 1 is 1.14 bits per heavy atom. The van der Waals surface area contributed by atoms with Gasteiger partial charge >= 0.3 is 12.0 Å². The molecule has 6 nitrogen and oxygen atoms in total. The first-order chi connectivity index (χ1) is 10.1. The van der Waals surface area contributed by atoms with Crippen LogP contribution in [0.3, 0.4) is 0 Å². The molecule has 21 heavy (non-hydrogen) atoms. The largest absolute Gasteiger partial charge is 0.481 e. The predicted octanol–water partition coefficient (Wildman–Crippen LogP) is 1.36. The van der Waals surface area contributed by atoms with Crippen molar-refractivity contribution in [3.8, 4) is 0 Å². The Kier molecular flexibility index (Phi) is 4.06. The summed E-state index contributed by atoms with van der Waals surface area (Å²) >= 11 is 0. The molecule has 0 bridgehead atoms. The highest BCUT2D eigenvalue weighted by atomic mass is 16.5. The van der Waals surface area contributed by atoms with Crippen LogP contribution in [0.4, 0.5) is 4.79 Å². The lowest BCUT2D eigenvalue weighted by molar-refractivity contribution is -0.154. The van der Waals surface area contributed by atoms with Gasteiger partial charge in [0.05, 0.1) is 5.41 Å². The molecule has 2 saturated carbocycles. The van der Waals surface area contributed by atoms with Crippen molar-refractivity contribution in [3.05, 3.63) is 0 Å². The molecule has 3 fully saturated rings. The van der Waals surface area contributed by atoms with E-state index in [1.165, 1.54) is 25.7 Å². The summed E-state index contributed by atoms with van der Waals surface area (Å²) < 4.78 is 5.23. The summed E-state index contributed by atoms with van der Waals surface area (Å²) in [6, 6.07) is 0.0754. The molecule has 1 aliphatic heterocycles. The first kappa shape index (κ1) is 14.6. The van der Waals surface area contributed by atoms with Gasteiger partial charge in [0.15, 0.2) is 0 Å². The number of carboxylic acid groups (broad SMARTS) is 1. The second kappa shape index (κ2) is 5.83. The van der Waals surface area contributed by atoms with E-state index in [9.17, 15) is 14.7 Å². The Bertz CT molecular complexity index is 400. The molecule has 0 unspecified atom stereocenters. The molecule has 0 spiro atoms. The number of carboxylic acids is 1. The first-order valence-corrected chi connectivity index (χ1v) is 7.96. The summed E-state index contributed by atoms with van der Waals surface area (Å²) in [5.41, 5.74) is -0.871. The predicted molar refractivity (Wildman–Crippen MR) is 75.9 cm³/mol. The summed E-state index contributed by atoms with van der Waals surface area (Å²) in [6.07, 6.45) is 5.74. The van der Waals surface area contributed by atoms with Crippen LogP contribution >= 0.6 is 0 Å². The molecule has 0 aromatic heterocycles. The van der Waals surface area contributed by atoms with Gasteiger partial charge in [-0.25, -0.2) is 4.79 Å². The van der Waals surface area contributed by atoms with Gasteiger partial charge < -0.3 is 20.5 Å². The third-order valence-corrected chi connectivity index (χ3v) is 5.05. The molecule has 6 heteroatoms. The minimum absolute atomic E-state index is 0.180. The fraction of sp³-hybridized carbons (Fsp3) is 0.867. The van der Waals surface area contributed by atoms with Gasteiger partial charge in [0.2, 0.25) is 0 Å².